The molecule has 0 spiro atoms. The van der Waals surface area contributed by atoms with Crippen LogP contribution in [0.3, 0.4) is 0 Å². The molecule has 0 aliphatic carbocycles. The second kappa shape index (κ2) is 4.96. The summed E-state index contributed by atoms with van der Waals surface area (Å²) in [5, 5.41) is 0.777. The fourth-order valence-electron chi connectivity index (χ4n) is 2.19. The number of halogens is 1. The third-order valence-corrected chi connectivity index (χ3v) is 5.36. The lowest BCUT2D eigenvalue weighted by Crippen LogP contribution is -2.34. The third-order valence-electron chi connectivity index (χ3n) is 3.35. The smallest absolute Gasteiger partial charge is 0.268 e. The van der Waals surface area contributed by atoms with Crippen LogP contribution in [0.1, 0.15) is 19.5 Å². The molecule has 0 amide bonds. The minimum atomic E-state index is -0.451. The Balaban J connectivity index is 2.24. The number of pyridine rings is 1. The minimum Gasteiger partial charge on any atom is -0.268 e. The van der Waals surface area contributed by atoms with Crippen LogP contribution in [0.25, 0.3) is 10.1 Å². The van der Waals surface area contributed by atoms with E-state index in [0.717, 1.165) is 19.4 Å². The van der Waals surface area contributed by atoms with E-state index in [9.17, 15) is 4.79 Å². The Morgan fingerprint density at radius 3 is 2.75 bits per heavy atom. The van der Waals surface area contributed by atoms with Crippen LogP contribution in [0.4, 0.5) is 0 Å². The summed E-state index contributed by atoms with van der Waals surface area (Å²) in [4.78, 5) is 17.0. The molecule has 0 N–H and O–H groups in total. The predicted molar refractivity (Wildman–Crippen MR) is 91.5 cm³/mol. The van der Waals surface area contributed by atoms with Crippen molar-refractivity contribution in [3.63, 3.8) is 0 Å². The molecule has 3 nitrogen and oxygen atoms in total. The summed E-state index contributed by atoms with van der Waals surface area (Å²) in [7, 11) is 0. The van der Waals surface area contributed by atoms with Gasteiger partial charge in [0.25, 0.3) is 5.56 Å². The maximum Gasteiger partial charge on any atom is 0.269 e. The Kier molecular flexibility index (Phi) is 3.41. The summed E-state index contributed by atoms with van der Waals surface area (Å²) >= 11 is 3.76. The van der Waals surface area contributed by atoms with Gasteiger partial charge in [0, 0.05) is 9.77 Å². The average Bonchev–Trinajstić information content (AvgIpc) is 2.77. The molecule has 0 saturated carbocycles. The molecule has 1 aromatic carbocycles. The first-order valence-corrected chi connectivity index (χ1v) is 8.09. The number of hydrogen-bond donors (Lipinski definition) is 0. The van der Waals surface area contributed by atoms with Gasteiger partial charge in [0.05, 0.1) is 21.3 Å². The van der Waals surface area contributed by atoms with E-state index < -0.39 is 5.54 Å². The van der Waals surface area contributed by atoms with Crippen molar-refractivity contribution in [3.8, 4) is 0 Å². The van der Waals surface area contributed by atoms with E-state index >= 15 is 0 Å². The van der Waals surface area contributed by atoms with Gasteiger partial charge in [-0.05, 0) is 66.8 Å². The molecule has 2 heterocycles. The Morgan fingerprint density at radius 1 is 1.25 bits per heavy atom. The van der Waals surface area contributed by atoms with Gasteiger partial charge in [0.2, 0.25) is 0 Å². The van der Waals surface area contributed by atoms with Crippen molar-refractivity contribution in [2.45, 2.75) is 19.4 Å². The molecule has 20 heavy (non-hydrogen) atoms. The fraction of sp³-hybridized carbons (Fsp3) is 0.200. The lowest BCUT2D eigenvalue weighted by atomic mass is 10.0. The molecule has 3 aromatic rings. The molecule has 0 fully saturated rings. The largest absolute Gasteiger partial charge is 0.269 e. The summed E-state index contributed by atoms with van der Waals surface area (Å²) in [6, 6.07) is 11.7. The van der Waals surface area contributed by atoms with Crippen LogP contribution in [0.15, 0.2) is 47.4 Å². The standard InChI is InChI=1S/C15H13IN2OS/c1-15(2,13-5-3-4-8-17-13)18-14(19)11-7-6-10(16)9-12(11)20-18/h3-9H,1-2H3. The molecule has 0 unspecified atom stereocenters. The van der Waals surface area contributed by atoms with Crippen LogP contribution in [0.5, 0.6) is 0 Å². The highest BCUT2D eigenvalue weighted by molar-refractivity contribution is 14.1. The van der Waals surface area contributed by atoms with Gasteiger partial charge in [-0.1, -0.05) is 17.6 Å². The van der Waals surface area contributed by atoms with Crippen molar-refractivity contribution in [1.82, 2.24) is 8.94 Å². The Bertz CT molecular complexity index is 821. The first kappa shape index (κ1) is 13.8. The van der Waals surface area contributed by atoms with Gasteiger partial charge in [-0.3, -0.25) is 13.7 Å². The maximum atomic E-state index is 12.6. The molecule has 3 rings (SSSR count). The molecule has 102 valence electrons. The zero-order chi connectivity index (χ0) is 14.3. The van der Waals surface area contributed by atoms with Gasteiger partial charge in [0.15, 0.2) is 0 Å². The van der Waals surface area contributed by atoms with Gasteiger partial charge in [-0.2, -0.15) is 0 Å². The van der Waals surface area contributed by atoms with E-state index in [0.29, 0.717) is 0 Å². The SMILES string of the molecule is CC(C)(c1ccccn1)n1sc2cc(I)ccc2c1=O. The zero-order valence-electron chi connectivity index (χ0n) is 11.1. The maximum absolute atomic E-state index is 12.6. The summed E-state index contributed by atoms with van der Waals surface area (Å²) in [6.45, 7) is 4.05. The van der Waals surface area contributed by atoms with Crippen molar-refractivity contribution < 1.29 is 0 Å². The molecule has 0 saturated heterocycles. The Labute approximate surface area is 134 Å². The lowest BCUT2D eigenvalue weighted by molar-refractivity contribution is 0.447. The molecular weight excluding hydrogens is 383 g/mol. The summed E-state index contributed by atoms with van der Waals surface area (Å²) in [5.41, 5.74) is 0.494. The lowest BCUT2D eigenvalue weighted by Gasteiger charge is -2.24. The number of aromatic nitrogens is 2. The van der Waals surface area contributed by atoms with Crippen molar-refractivity contribution >= 4 is 44.2 Å². The van der Waals surface area contributed by atoms with Gasteiger partial charge >= 0.3 is 0 Å². The van der Waals surface area contributed by atoms with E-state index in [1.807, 2.05) is 54.2 Å². The average molecular weight is 396 g/mol. The second-order valence-corrected chi connectivity index (χ2v) is 7.34. The molecule has 0 aliphatic heterocycles. The first-order chi connectivity index (χ1) is 9.50. The fourth-order valence-corrected chi connectivity index (χ4v) is 4.03. The van der Waals surface area contributed by atoms with E-state index in [1.165, 1.54) is 11.5 Å². The van der Waals surface area contributed by atoms with Crippen LogP contribution in [0.2, 0.25) is 0 Å². The predicted octanol–water partition coefficient (Wildman–Crippen LogP) is 3.85. The first-order valence-electron chi connectivity index (χ1n) is 6.24. The molecule has 0 aliphatic rings. The van der Waals surface area contributed by atoms with Gasteiger partial charge in [0.1, 0.15) is 0 Å². The monoisotopic (exact) mass is 396 g/mol. The Hall–Kier alpha value is -1.21. The zero-order valence-corrected chi connectivity index (χ0v) is 14.1. The van der Waals surface area contributed by atoms with Crippen LogP contribution in [0, 0.1) is 3.57 Å². The highest BCUT2D eigenvalue weighted by Crippen LogP contribution is 2.28. The van der Waals surface area contributed by atoms with Crippen LogP contribution in [-0.2, 0) is 5.54 Å². The van der Waals surface area contributed by atoms with Crippen molar-refractivity contribution in [1.29, 1.82) is 0 Å². The molecule has 0 atom stereocenters. The highest BCUT2D eigenvalue weighted by Gasteiger charge is 2.27. The topological polar surface area (TPSA) is 34.9 Å². The van der Waals surface area contributed by atoms with Gasteiger partial charge < -0.3 is 0 Å². The van der Waals surface area contributed by atoms with E-state index in [1.54, 1.807) is 6.20 Å². The van der Waals surface area contributed by atoms with Crippen LogP contribution in [-0.4, -0.2) is 8.94 Å². The number of fused-ring (bicyclic) bond motifs is 1. The molecule has 0 bridgehead atoms. The summed E-state index contributed by atoms with van der Waals surface area (Å²) in [5.74, 6) is 0. The quantitative estimate of drug-likeness (QED) is 0.617. The van der Waals surface area contributed by atoms with Gasteiger partial charge in [-0.15, -0.1) is 0 Å². The molecule has 0 radical (unpaired) electrons. The second-order valence-electron chi connectivity index (χ2n) is 5.11. The normalized spacial score (nSPS) is 11.9. The minimum absolute atomic E-state index is 0.0528. The van der Waals surface area contributed by atoms with Crippen molar-refractivity contribution in [2.75, 3.05) is 0 Å². The van der Waals surface area contributed by atoms with E-state index in [4.69, 9.17) is 0 Å². The summed E-state index contributed by atoms with van der Waals surface area (Å²) in [6.07, 6.45) is 1.76. The molecule has 5 heteroatoms. The summed E-state index contributed by atoms with van der Waals surface area (Å²) < 4.78 is 3.97. The highest BCUT2D eigenvalue weighted by atomic mass is 127. The van der Waals surface area contributed by atoms with E-state index in [-0.39, 0.29) is 5.56 Å². The number of nitrogens with zero attached hydrogens (tertiary/aromatic N) is 2. The van der Waals surface area contributed by atoms with Crippen molar-refractivity contribution in [2.24, 2.45) is 0 Å². The molecule has 2 aromatic heterocycles. The third kappa shape index (κ3) is 2.18. The number of benzene rings is 1. The van der Waals surface area contributed by atoms with Crippen LogP contribution >= 0.6 is 34.1 Å². The molecular formula is C15H13IN2OS. The number of rotatable bonds is 2. The van der Waals surface area contributed by atoms with Crippen molar-refractivity contribution in [3.05, 3.63) is 62.2 Å². The number of hydrogen-bond acceptors (Lipinski definition) is 3. The van der Waals surface area contributed by atoms with Crippen LogP contribution < -0.4 is 5.56 Å². The van der Waals surface area contributed by atoms with E-state index in [2.05, 4.69) is 27.6 Å². The Morgan fingerprint density at radius 2 is 2.05 bits per heavy atom. The van der Waals surface area contributed by atoms with Gasteiger partial charge in [-0.25, -0.2) is 0 Å².